The molecule has 0 saturated carbocycles. The van der Waals surface area contributed by atoms with Crippen molar-refractivity contribution in [3.8, 4) is 11.8 Å². The van der Waals surface area contributed by atoms with Crippen molar-refractivity contribution in [1.29, 1.82) is 5.26 Å². The zero-order valence-electron chi connectivity index (χ0n) is 15.1. The molecule has 0 fully saturated rings. The van der Waals surface area contributed by atoms with E-state index in [-0.39, 0.29) is 25.6 Å². The van der Waals surface area contributed by atoms with Crippen molar-refractivity contribution in [3.63, 3.8) is 0 Å². The largest absolute Gasteiger partial charge is 0.492 e. The molecule has 1 aromatic rings. The highest BCUT2D eigenvalue weighted by atomic mass is 16.6. The molecule has 0 aliphatic carbocycles. The Bertz CT molecular complexity index is 645. The minimum atomic E-state index is -0.546. The van der Waals surface area contributed by atoms with Gasteiger partial charge >= 0.3 is 6.09 Å². The van der Waals surface area contributed by atoms with Crippen LogP contribution in [0.4, 0.5) is 4.79 Å². The van der Waals surface area contributed by atoms with Crippen molar-refractivity contribution >= 4 is 12.0 Å². The molecule has 7 heteroatoms. The molecular formula is C18H25N3O4. The Balaban J connectivity index is 2.52. The topological polar surface area (TPSA) is 100 Å². The van der Waals surface area contributed by atoms with Crippen LogP contribution in [-0.2, 0) is 16.1 Å². The lowest BCUT2D eigenvalue weighted by atomic mass is 10.1. The SMILES string of the molecule is CCC(=O)NCc1cc(OCCNC(=O)OC(C)(C)C)ccc1C#N. The number of carbonyl (C=O) groups is 2. The number of alkyl carbamates (subject to hydrolysis) is 1. The maximum atomic E-state index is 11.5. The third-order valence-electron chi connectivity index (χ3n) is 3.03. The quantitative estimate of drug-likeness (QED) is 0.738. The monoisotopic (exact) mass is 347 g/mol. The molecule has 0 aromatic heterocycles. The number of carbonyl (C=O) groups excluding carboxylic acids is 2. The van der Waals surface area contributed by atoms with Crippen LogP contribution in [0.3, 0.4) is 0 Å². The third kappa shape index (κ3) is 8.06. The minimum absolute atomic E-state index is 0.0863. The normalized spacial score (nSPS) is 10.5. The molecule has 0 aliphatic rings. The lowest BCUT2D eigenvalue weighted by Crippen LogP contribution is -2.34. The van der Waals surface area contributed by atoms with Gasteiger partial charge in [0.25, 0.3) is 0 Å². The number of hydrogen-bond donors (Lipinski definition) is 2. The molecule has 0 atom stereocenters. The average Bonchev–Trinajstić information content (AvgIpc) is 2.55. The molecule has 1 rings (SSSR count). The summed E-state index contributed by atoms with van der Waals surface area (Å²) < 4.78 is 10.7. The molecule has 1 aromatic carbocycles. The summed E-state index contributed by atoms with van der Waals surface area (Å²) in [5, 5.41) is 14.5. The van der Waals surface area contributed by atoms with Crippen molar-refractivity contribution in [3.05, 3.63) is 29.3 Å². The van der Waals surface area contributed by atoms with Crippen molar-refractivity contribution < 1.29 is 19.1 Å². The van der Waals surface area contributed by atoms with Gasteiger partial charge in [0.2, 0.25) is 5.91 Å². The Kier molecular flexibility index (Phi) is 7.73. The van der Waals surface area contributed by atoms with E-state index in [1.165, 1.54) is 0 Å². The van der Waals surface area contributed by atoms with Gasteiger partial charge in [0.1, 0.15) is 18.0 Å². The molecule has 0 aliphatic heterocycles. The molecule has 25 heavy (non-hydrogen) atoms. The van der Waals surface area contributed by atoms with Gasteiger partial charge < -0.3 is 20.1 Å². The van der Waals surface area contributed by atoms with Gasteiger partial charge in [0.15, 0.2) is 0 Å². The van der Waals surface area contributed by atoms with Crippen molar-refractivity contribution in [1.82, 2.24) is 10.6 Å². The number of amides is 2. The van der Waals surface area contributed by atoms with Crippen LogP contribution in [0.5, 0.6) is 5.75 Å². The Hall–Kier alpha value is -2.75. The third-order valence-corrected chi connectivity index (χ3v) is 3.03. The van der Waals surface area contributed by atoms with Gasteiger partial charge in [-0.1, -0.05) is 6.92 Å². The maximum Gasteiger partial charge on any atom is 0.407 e. The lowest BCUT2D eigenvalue weighted by molar-refractivity contribution is -0.120. The predicted molar refractivity (Wildman–Crippen MR) is 93.0 cm³/mol. The highest BCUT2D eigenvalue weighted by molar-refractivity contribution is 5.75. The van der Waals surface area contributed by atoms with Crippen LogP contribution < -0.4 is 15.4 Å². The fourth-order valence-corrected chi connectivity index (χ4v) is 1.87. The van der Waals surface area contributed by atoms with E-state index in [1.807, 2.05) is 0 Å². The Morgan fingerprint density at radius 2 is 1.96 bits per heavy atom. The summed E-state index contributed by atoms with van der Waals surface area (Å²) in [6, 6.07) is 7.12. The molecule has 0 bridgehead atoms. The number of nitrogens with one attached hydrogen (secondary N) is 2. The predicted octanol–water partition coefficient (Wildman–Crippen LogP) is 2.49. The van der Waals surface area contributed by atoms with Crippen LogP contribution in [-0.4, -0.2) is 30.8 Å². The zero-order chi connectivity index (χ0) is 18.9. The van der Waals surface area contributed by atoms with Crippen molar-refractivity contribution in [2.24, 2.45) is 0 Å². The number of rotatable bonds is 7. The fourth-order valence-electron chi connectivity index (χ4n) is 1.87. The van der Waals surface area contributed by atoms with Crippen LogP contribution in [0, 0.1) is 11.3 Å². The second-order valence-electron chi connectivity index (χ2n) is 6.34. The smallest absolute Gasteiger partial charge is 0.407 e. The van der Waals surface area contributed by atoms with E-state index in [2.05, 4.69) is 16.7 Å². The van der Waals surface area contributed by atoms with E-state index in [0.29, 0.717) is 23.3 Å². The first-order chi connectivity index (χ1) is 11.7. The first-order valence-electron chi connectivity index (χ1n) is 8.14. The first kappa shape index (κ1) is 20.3. The number of hydrogen-bond acceptors (Lipinski definition) is 5. The Morgan fingerprint density at radius 3 is 2.56 bits per heavy atom. The van der Waals surface area contributed by atoms with E-state index < -0.39 is 11.7 Å². The highest BCUT2D eigenvalue weighted by Gasteiger charge is 2.15. The molecule has 0 heterocycles. The second-order valence-corrected chi connectivity index (χ2v) is 6.34. The summed E-state index contributed by atoms with van der Waals surface area (Å²) in [7, 11) is 0. The highest BCUT2D eigenvalue weighted by Crippen LogP contribution is 2.17. The molecule has 0 unspecified atom stereocenters. The number of nitrogens with zero attached hydrogens (tertiary/aromatic N) is 1. The van der Waals surface area contributed by atoms with Gasteiger partial charge in [-0.15, -0.1) is 0 Å². The summed E-state index contributed by atoms with van der Waals surface area (Å²) in [4.78, 5) is 22.9. The Labute approximate surface area is 148 Å². The van der Waals surface area contributed by atoms with E-state index in [1.54, 1.807) is 45.9 Å². The number of ether oxygens (including phenoxy) is 2. The molecule has 0 radical (unpaired) electrons. The standard InChI is InChI=1S/C18H25N3O4/c1-5-16(22)21-12-14-10-15(7-6-13(14)11-19)24-9-8-20-17(23)25-18(2,3)4/h6-7,10H,5,8-9,12H2,1-4H3,(H,20,23)(H,21,22). The lowest BCUT2D eigenvalue weighted by Gasteiger charge is -2.19. The van der Waals surface area contributed by atoms with Crippen LogP contribution in [0.2, 0.25) is 0 Å². The molecule has 136 valence electrons. The molecule has 2 amide bonds. The Morgan fingerprint density at radius 1 is 1.24 bits per heavy atom. The van der Waals surface area contributed by atoms with E-state index in [4.69, 9.17) is 14.7 Å². The van der Waals surface area contributed by atoms with Gasteiger partial charge in [0.05, 0.1) is 18.2 Å². The van der Waals surface area contributed by atoms with Crippen molar-refractivity contribution in [2.45, 2.75) is 46.3 Å². The molecule has 0 spiro atoms. The molecule has 7 nitrogen and oxygen atoms in total. The summed E-state index contributed by atoms with van der Waals surface area (Å²) in [5.41, 5.74) is 0.619. The molecular weight excluding hydrogens is 322 g/mol. The van der Waals surface area contributed by atoms with E-state index in [0.717, 1.165) is 0 Å². The van der Waals surface area contributed by atoms with Crippen LogP contribution in [0.1, 0.15) is 45.2 Å². The van der Waals surface area contributed by atoms with Gasteiger partial charge in [-0.2, -0.15) is 5.26 Å². The molecule has 2 N–H and O–H groups in total. The van der Waals surface area contributed by atoms with Crippen LogP contribution in [0.25, 0.3) is 0 Å². The minimum Gasteiger partial charge on any atom is -0.492 e. The summed E-state index contributed by atoms with van der Waals surface area (Å²) in [6.07, 6.45) is -0.118. The fraction of sp³-hybridized carbons (Fsp3) is 0.500. The summed E-state index contributed by atoms with van der Waals surface area (Å²) in [6.45, 7) is 7.94. The maximum absolute atomic E-state index is 11.5. The van der Waals surface area contributed by atoms with Gasteiger partial charge in [-0.3, -0.25) is 4.79 Å². The van der Waals surface area contributed by atoms with Gasteiger partial charge in [-0.25, -0.2) is 4.79 Å². The zero-order valence-corrected chi connectivity index (χ0v) is 15.1. The summed E-state index contributed by atoms with van der Waals surface area (Å²) in [5.74, 6) is 0.475. The van der Waals surface area contributed by atoms with Crippen molar-refractivity contribution in [2.75, 3.05) is 13.2 Å². The first-order valence-corrected chi connectivity index (χ1v) is 8.14. The van der Waals surface area contributed by atoms with Gasteiger partial charge in [-0.05, 0) is 44.5 Å². The number of benzene rings is 1. The second kappa shape index (κ2) is 9.52. The van der Waals surface area contributed by atoms with E-state index in [9.17, 15) is 9.59 Å². The van der Waals surface area contributed by atoms with Gasteiger partial charge in [0, 0.05) is 13.0 Å². The molecule has 0 saturated heterocycles. The van der Waals surface area contributed by atoms with E-state index >= 15 is 0 Å². The van der Waals surface area contributed by atoms with Crippen LogP contribution >= 0.6 is 0 Å². The summed E-state index contributed by atoms with van der Waals surface area (Å²) >= 11 is 0. The van der Waals surface area contributed by atoms with Crippen LogP contribution in [0.15, 0.2) is 18.2 Å². The number of nitriles is 1. The average molecular weight is 347 g/mol.